The lowest BCUT2D eigenvalue weighted by Gasteiger charge is -2.30. The summed E-state index contributed by atoms with van der Waals surface area (Å²) in [4.78, 5) is 2.62. The summed E-state index contributed by atoms with van der Waals surface area (Å²) in [6.07, 6.45) is 8.23. The van der Waals surface area contributed by atoms with Gasteiger partial charge in [0.1, 0.15) is 0 Å². The molecule has 1 fully saturated rings. The fourth-order valence-corrected chi connectivity index (χ4v) is 2.56. The fourth-order valence-electron chi connectivity index (χ4n) is 2.56. The number of hydrogen-bond donors (Lipinski definition) is 1. The maximum atomic E-state index is 3.66. The van der Waals surface area contributed by atoms with E-state index in [9.17, 15) is 0 Å². The van der Waals surface area contributed by atoms with Crippen molar-refractivity contribution in [3.8, 4) is 0 Å². The predicted octanol–water partition coefficient (Wildman–Crippen LogP) is 3.28. The van der Waals surface area contributed by atoms with E-state index in [0.29, 0.717) is 6.04 Å². The lowest BCUT2D eigenvalue weighted by molar-refractivity contribution is 0.191. The number of hydrogen-bond acceptors (Lipinski definition) is 2. The molecule has 0 aromatic heterocycles. The van der Waals surface area contributed by atoms with Crippen LogP contribution < -0.4 is 5.32 Å². The van der Waals surface area contributed by atoms with Crippen LogP contribution in [-0.2, 0) is 0 Å². The molecule has 102 valence electrons. The Balaban J connectivity index is 1.95. The molecule has 1 heterocycles. The van der Waals surface area contributed by atoms with Crippen molar-refractivity contribution < 1.29 is 0 Å². The largest absolute Gasteiger partial charge is 0.313 e. The minimum absolute atomic E-state index is 0.699. The Morgan fingerprint density at radius 3 is 2.59 bits per heavy atom. The van der Waals surface area contributed by atoms with Crippen molar-refractivity contribution in [2.75, 3.05) is 26.2 Å². The average Bonchev–Trinajstić information content (AvgIpc) is 2.32. The zero-order chi connectivity index (χ0) is 12.5. The highest BCUT2D eigenvalue weighted by molar-refractivity contribution is 4.71. The van der Waals surface area contributed by atoms with Crippen LogP contribution in [0.15, 0.2) is 0 Å². The standard InChI is InChI=1S/C15H32N2/c1-4-5-6-7-15(3)16-10-13-17-11-8-14(2)9-12-17/h14-16H,4-13H2,1-3H3. The molecule has 1 rings (SSSR count). The number of nitrogens with zero attached hydrogens (tertiary/aromatic N) is 1. The maximum absolute atomic E-state index is 3.66. The van der Waals surface area contributed by atoms with E-state index < -0.39 is 0 Å². The van der Waals surface area contributed by atoms with Crippen LogP contribution in [0.4, 0.5) is 0 Å². The molecule has 1 aliphatic rings. The first-order valence-corrected chi connectivity index (χ1v) is 7.68. The topological polar surface area (TPSA) is 15.3 Å². The first-order valence-electron chi connectivity index (χ1n) is 7.68. The first-order chi connectivity index (χ1) is 8.22. The molecular weight excluding hydrogens is 208 g/mol. The second kappa shape index (κ2) is 8.93. The van der Waals surface area contributed by atoms with Gasteiger partial charge in [-0.3, -0.25) is 0 Å². The highest BCUT2D eigenvalue weighted by Crippen LogP contribution is 2.15. The van der Waals surface area contributed by atoms with Gasteiger partial charge >= 0.3 is 0 Å². The van der Waals surface area contributed by atoms with Crippen LogP contribution >= 0.6 is 0 Å². The molecule has 17 heavy (non-hydrogen) atoms. The molecule has 0 aromatic rings. The molecule has 1 unspecified atom stereocenters. The van der Waals surface area contributed by atoms with E-state index in [2.05, 4.69) is 31.0 Å². The molecule has 1 saturated heterocycles. The summed E-state index contributed by atoms with van der Waals surface area (Å²) in [6.45, 7) is 12.0. The second-order valence-corrected chi connectivity index (χ2v) is 5.88. The number of rotatable bonds is 8. The minimum atomic E-state index is 0.699. The van der Waals surface area contributed by atoms with E-state index in [1.54, 1.807) is 0 Å². The number of piperidine rings is 1. The van der Waals surface area contributed by atoms with Gasteiger partial charge in [-0.2, -0.15) is 0 Å². The highest BCUT2D eigenvalue weighted by Gasteiger charge is 2.14. The Morgan fingerprint density at radius 2 is 1.94 bits per heavy atom. The van der Waals surface area contributed by atoms with E-state index in [0.717, 1.165) is 5.92 Å². The number of unbranched alkanes of at least 4 members (excludes halogenated alkanes) is 2. The monoisotopic (exact) mass is 240 g/mol. The Morgan fingerprint density at radius 1 is 1.24 bits per heavy atom. The third-order valence-electron chi connectivity index (χ3n) is 4.04. The minimum Gasteiger partial charge on any atom is -0.313 e. The Labute approximate surface area is 108 Å². The van der Waals surface area contributed by atoms with Gasteiger partial charge in [0.05, 0.1) is 0 Å². The summed E-state index contributed by atoms with van der Waals surface area (Å²) in [5.41, 5.74) is 0. The number of nitrogens with one attached hydrogen (secondary N) is 1. The smallest absolute Gasteiger partial charge is 0.0107 e. The van der Waals surface area contributed by atoms with Crippen molar-refractivity contribution in [1.82, 2.24) is 10.2 Å². The van der Waals surface area contributed by atoms with Gasteiger partial charge in [0.25, 0.3) is 0 Å². The molecule has 0 aromatic carbocycles. The molecule has 0 amide bonds. The fraction of sp³-hybridized carbons (Fsp3) is 1.00. The summed E-state index contributed by atoms with van der Waals surface area (Å²) in [7, 11) is 0. The van der Waals surface area contributed by atoms with E-state index in [1.165, 1.54) is 64.7 Å². The first kappa shape index (κ1) is 15.0. The lowest BCUT2D eigenvalue weighted by Crippen LogP contribution is -2.39. The van der Waals surface area contributed by atoms with Gasteiger partial charge in [0, 0.05) is 19.1 Å². The molecule has 0 radical (unpaired) electrons. The van der Waals surface area contributed by atoms with Gasteiger partial charge in [0.2, 0.25) is 0 Å². The zero-order valence-corrected chi connectivity index (χ0v) is 12.2. The highest BCUT2D eigenvalue weighted by atomic mass is 15.1. The van der Waals surface area contributed by atoms with Crippen molar-refractivity contribution in [1.29, 1.82) is 0 Å². The summed E-state index contributed by atoms with van der Waals surface area (Å²) >= 11 is 0. The zero-order valence-electron chi connectivity index (χ0n) is 12.2. The molecule has 1 N–H and O–H groups in total. The summed E-state index contributed by atoms with van der Waals surface area (Å²) in [5, 5.41) is 3.66. The quantitative estimate of drug-likeness (QED) is 0.655. The van der Waals surface area contributed by atoms with Gasteiger partial charge in [-0.25, -0.2) is 0 Å². The van der Waals surface area contributed by atoms with Gasteiger partial charge in [-0.15, -0.1) is 0 Å². The van der Waals surface area contributed by atoms with Crippen LogP contribution in [0.25, 0.3) is 0 Å². The second-order valence-electron chi connectivity index (χ2n) is 5.88. The summed E-state index contributed by atoms with van der Waals surface area (Å²) < 4.78 is 0. The van der Waals surface area contributed by atoms with Crippen molar-refractivity contribution in [2.45, 2.75) is 65.3 Å². The van der Waals surface area contributed by atoms with Crippen LogP contribution in [-0.4, -0.2) is 37.1 Å². The summed E-state index contributed by atoms with van der Waals surface area (Å²) in [6, 6.07) is 0.699. The molecule has 0 saturated carbocycles. The molecule has 0 bridgehead atoms. The number of likely N-dealkylation sites (tertiary alicyclic amines) is 1. The van der Waals surface area contributed by atoms with Crippen molar-refractivity contribution in [3.63, 3.8) is 0 Å². The maximum Gasteiger partial charge on any atom is 0.0107 e. The van der Waals surface area contributed by atoms with Crippen LogP contribution in [0.3, 0.4) is 0 Å². The Kier molecular flexibility index (Phi) is 7.87. The lowest BCUT2D eigenvalue weighted by atomic mass is 9.99. The van der Waals surface area contributed by atoms with Crippen molar-refractivity contribution in [3.05, 3.63) is 0 Å². The summed E-state index contributed by atoms with van der Waals surface area (Å²) in [5.74, 6) is 0.951. The normalized spacial score (nSPS) is 20.6. The predicted molar refractivity (Wildman–Crippen MR) is 76.4 cm³/mol. The SMILES string of the molecule is CCCCCC(C)NCCN1CCC(C)CC1. The van der Waals surface area contributed by atoms with Gasteiger partial charge < -0.3 is 10.2 Å². The molecule has 0 spiro atoms. The van der Waals surface area contributed by atoms with E-state index in [4.69, 9.17) is 0 Å². The van der Waals surface area contributed by atoms with E-state index >= 15 is 0 Å². The molecule has 1 atom stereocenters. The molecular formula is C15H32N2. The van der Waals surface area contributed by atoms with E-state index in [1.807, 2.05) is 0 Å². The van der Waals surface area contributed by atoms with Gasteiger partial charge in [-0.05, 0) is 45.2 Å². The molecule has 2 heteroatoms. The third-order valence-corrected chi connectivity index (χ3v) is 4.04. The van der Waals surface area contributed by atoms with Crippen LogP contribution in [0.1, 0.15) is 59.3 Å². The van der Waals surface area contributed by atoms with E-state index in [-0.39, 0.29) is 0 Å². The Bertz CT molecular complexity index is 174. The Hall–Kier alpha value is -0.0800. The third kappa shape index (κ3) is 7.05. The van der Waals surface area contributed by atoms with Crippen LogP contribution in [0, 0.1) is 5.92 Å². The van der Waals surface area contributed by atoms with Crippen LogP contribution in [0.2, 0.25) is 0 Å². The van der Waals surface area contributed by atoms with Crippen molar-refractivity contribution >= 4 is 0 Å². The molecule has 2 nitrogen and oxygen atoms in total. The molecule has 0 aliphatic carbocycles. The molecule has 1 aliphatic heterocycles. The van der Waals surface area contributed by atoms with Crippen LogP contribution in [0.5, 0.6) is 0 Å². The average molecular weight is 240 g/mol. The van der Waals surface area contributed by atoms with Crippen molar-refractivity contribution in [2.24, 2.45) is 5.92 Å². The van der Waals surface area contributed by atoms with Gasteiger partial charge in [0.15, 0.2) is 0 Å². The van der Waals surface area contributed by atoms with Gasteiger partial charge in [-0.1, -0.05) is 33.1 Å².